The van der Waals surface area contributed by atoms with Crippen LogP contribution >= 0.6 is 0 Å². The van der Waals surface area contributed by atoms with Crippen LogP contribution in [-0.2, 0) is 6.54 Å². The van der Waals surface area contributed by atoms with E-state index >= 15 is 0 Å². The predicted molar refractivity (Wildman–Crippen MR) is 89.7 cm³/mol. The fourth-order valence-electron chi connectivity index (χ4n) is 2.35. The number of halogens is 1. The number of nitrogens with one attached hydrogen (secondary N) is 2. The molecule has 0 fully saturated rings. The lowest BCUT2D eigenvalue weighted by molar-refractivity contribution is 0.535. The minimum absolute atomic E-state index is 0.206. The van der Waals surface area contributed by atoms with Gasteiger partial charge in [-0.05, 0) is 25.1 Å². The first kappa shape index (κ1) is 16.0. The number of hydrogen-bond acceptors (Lipinski definition) is 4. The van der Waals surface area contributed by atoms with Crippen LogP contribution < -0.4 is 10.9 Å². The molecule has 0 saturated heterocycles. The number of hydrogen-bond donors (Lipinski definition) is 2. The molecule has 0 aliphatic heterocycles. The molecule has 0 spiro atoms. The van der Waals surface area contributed by atoms with E-state index in [1.165, 1.54) is 12.1 Å². The van der Waals surface area contributed by atoms with E-state index in [1.54, 1.807) is 36.7 Å². The third kappa shape index (κ3) is 3.72. The normalized spacial score (nSPS) is 12.1. The van der Waals surface area contributed by atoms with Gasteiger partial charge in [-0.1, -0.05) is 18.2 Å². The van der Waals surface area contributed by atoms with E-state index in [0.29, 0.717) is 23.6 Å². The summed E-state index contributed by atoms with van der Waals surface area (Å²) in [7, 11) is 0. The Hall–Kier alpha value is -2.86. The molecule has 0 radical (unpaired) electrons. The van der Waals surface area contributed by atoms with E-state index < -0.39 is 0 Å². The first-order valence-corrected chi connectivity index (χ1v) is 7.62. The molecule has 2 aromatic heterocycles. The molecule has 0 amide bonds. The lowest BCUT2D eigenvalue weighted by Crippen LogP contribution is -2.22. The summed E-state index contributed by atoms with van der Waals surface area (Å²) in [6.45, 7) is 2.24. The van der Waals surface area contributed by atoms with Crippen molar-refractivity contribution in [3.63, 3.8) is 0 Å². The Balaban J connectivity index is 1.80. The van der Waals surface area contributed by atoms with Crippen molar-refractivity contribution < 1.29 is 4.39 Å². The highest BCUT2D eigenvalue weighted by Gasteiger charge is 2.11. The van der Waals surface area contributed by atoms with Crippen molar-refractivity contribution in [2.24, 2.45) is 0 Å². The van der Waals surface area contributed by atoms with Gasteiger partial charge in [-0.15, -0.1) is 0 Å². The maximum atomic E-state index is 13.7. The molecule has 3 aromatic rings. The molecule has 0 bridgehead atoms. The van der Waals surface area contributed by atoms with Gasteiger partial charge in [0, 0.05) is 42.2 Å². The van der Waals surface area contributed by atoms with Crippen LogP contribution in [0.25, 0.3) is 11.4 Å². The maximum absolute atomic E-state index is 13.7. The smallest absolute Gasteiger partial charge is 0.251 e. The maximum Gasteiger partial charge on any atom is 0.251 e. The molecule has 2 N–H and O–H groups in total. The van der Waals surface area contributed by atoms with Crippen LogP contribution in [0.4, 0.5) is 4.39 Å². The minimum Gasteiger partial charge on any atom is -0.306 e. The molecule has 24 heavy (non-hydrogen) atoms. The van der Waals surface area contributed by atoms with Gasteiger partial charge in [0.1, 0.15) is 11.6 Å². The van der Waals surface area contributed by atoms with Gasteiger partial charge in [0.2, 0.25) is 0 Å². The van der Waals surface area contributed by atoms with Crippen LogP contribution in [0, 0.1) is 5.82 Å². The second-order valence-electron chi connectivity index (χ2n) is 5.45. The number of benzene rings is 1. The largest absolute Gasteiger partial charge is 0.306 e. The van der Waals surface area contributed by atoms with Gasteiger partial charge >= 0.3 is 0 Å². The monoisotopic (exact) mass is 324 g/mol. The fraction of sp³-hybridized carbons (Fsp3) is 0.167. The lowest BCUT2D eigenvalue weighted by atomic mass is 10.1. The minimum atomic E-state index is -0.257. The van der Waals surface area contributed by atoms with E-state index in [1.807, 2.05) is 13.0 Å². The number of aromatic amines is 1. The first-order chi connectivity index (χ1) is 11.6. The molecule has 0 aliphatic carbocycles. The summed E-state index contributed by atoms with van der Waals surface area (Å²) in [5, 5.41) is 3.19. The Morgan fingerprint density at radius 3 is 2.83 bits per heavy atom. The fourth-order valence-corrected chi connectivity index (χ4v) is 2.35. The molecule has 0 aliphatic rings. The second-order valence-corrected chi connectivity index (χ2v) is 5.45. The molecule has 1 atom stereocenters. The van der Waals surface area contributed by atoms with E-state index in [-0.39, 0.29) is 17.4 Å². The van der Waals surface area contributed by atoms with Crippen LogP contribution in [0.2, 0.25) is 0 Å². The van der Waals surface area contributed by atoms with Gasteiger partial charge in [0.05, 0.1) is 5.69 Å². The average molecular weight is 324 g/mol. The highest BCUT2D eigenvalue weighted by molar-refractivity contribution is 5.52. The van der Waals surface area contributed by atoms with Crippen molar-refractivity contribution in [2.45, 2.75) is 19.5 Å². The molecule has 122 valence electrons. The van der Waals surface area contributed by atoms with E-state index in [0.717, 1.165) is 5.56 Å². The van der Waals surface area contributed by atoms with Gasteiger partial charge in [-0.25, -0.2) is 9.37 Å². The molecular formula is C18H17FN4O. The Kier molecular flexibility index (Phi) is 4.77. The summed E-state index contributed by atoms with van der Waals surface area (Å²) < 4.78 is 13.7. The zero-order valence-corrected chi connectivity index (χ0v) is 13.2. The van der Waals surface area contributed by atoms with Crippen LogP contribution in [0.5, 0.6) is 0 Å². The van der Waals surface area contributed by atoms with Gasteiger partial charge in [0.15, 0.2) is 0 Å². The Morgan fingerprint density at radius 1 is 1.25 bits per heavy atom. The average Bonchev–Trinajstić information content (AvgIpc) is 2.61. The van der Waals surface area contributed by atoms with Gasteiger partial charge in [-0.2, -0.15) is 0 Å². The zero-order chi connectivity index (χ0) is 16.9. The van der Waals surface area contributed by atoms with Gasteiger partial charge in [-0.3, -0.25) is 9.78 Å². The third-order valence-corrected chi connectivity index (χ3v) is 3.70. The standard InChI is InChI=1S/C18H17FN4O/c1-12(21-11-13-5-2-3-7-15(13)19)16-9-17(24)23-18(22-16)14-6-4-8-20-10-14/h2-10,12,21H,11H2,1H3,(H,22,23,24). The van der Waals surface area contributed by atoms with Crippen LogP contribution in [0.3, 0.4) is 0 Å². The third-order valence-electron chi connectivity index (χ3n) is 3.70. The molecule has 2 heterocycles. The van der Waals surface area contributed by atoms with Crippen molar-refractivity contribution in [1.82, 2.24) is 20.3 Å². The first-order valence-electron chi connectivity index (χ1n) is 7.62. The highest BCUT2D eigenvalue weighted by Crippen LogP contribution is 2.15. The van der Waals surface area contributed by atoms with Crippen LogP contribution in [-0.4, -0.2) is 15.0 Å². The quantitative estimate of drug-likeness (QED) is 0.757. The Bertz CT molecular complexity index is 879. The number of H-pyrrole nitrogens is 1. The number of nitrogens with zero attached hydrogens (tertiary/aromatic N) is 2. The Labute approximate surface area is 138 Å². The molecule has 3 rings (SSSR count). The van der Waals surface area contributed by atoms with E-state index in [2.05, 4.69) is 20.3 Å². The van der Waals surface area contributed by atoms with Crippen molar-refractivity contribution >= 4 is 0 Å². The molecule has 1 aromatic carbocycles. The second kappa shape index (κ2) is 7.14. The molecule has 5 nitrogen and oxygen atoms in total. The van der Waals surface area contributed by atoms with Crippen LogP contribution in [0.15, 0.2) is 59.7 Å². The number of pyridine rings is 1. The molecule has 1 unspecified atom stereocenters. The van der Waals surface area contributed by atoms with E-state index in [9.17, 15) is 9.18 Å². The summed E-state index contributed by atoms with van der Waals surface area (Å²) in [5.74, 6) is 0.206. The summed E-state index contributed by atoms with van der Waals surface area (Å²) >= 11 is 0. The van der Waals surface area contributed by atoms with E-state index in [4.69, 9.17) is 0 Å². The van der Waals surface area contributed by atoms with Crippen molar-refractivity contribution in [1.29, 1.82) is 0 Å². The van der Waals surface area contributed by atoms with Gasteiger partial charge < -0.3 is 10.3 Å². The topological polar surface area (TPSA) is 70.7 Å². The van der Waals surface area contributed by atoms with Gasteiger partial charge in [0.25, 0.3) is 5.56 Å². The summed E-state index contributed by atoms with van der Waals surface area (Å²) in [5.41, 5.74) is 1.66. The SMILES string of the molecule is CC(NCc1ccccc1F)c1cc(=O)[nH]c(-c2cccnc2)n1. The zero-order valence-electron chi connectivity index (χ0n) is 13.2. The summed E-state index contributed by atoms with van der Waals surface area (Å²) in [6, 6.07) is 11.4. The predicted octanol–water partition coefficient (Wildman–Crippen LogP) is 2.82. The number of rotatable bonds is 5. The van der Waals surface area contributed by atoms with Crippen molar-refractivity contribution in [2.75, 3.05) is 0 Å². The summed E-state index contributed by atoms with van der Waals surface area (Å²) in [4.78, 5) is 23.1. The summed E-state index contributed by atoms with van der Waals surface area (Å²) in [6.07, 6.45) is 3.30. The molecule has 0 saturated carbocycles. The van der Waals surface area contributed by atoms with Crippen molar-refractivity contribution in [3.8, 4) is 11.4 Å². The number of aromatic nitrogens is 3. The lowest BCUT2D eigenvalue weighted by Gasteiger charge is -2.14. The van der Waals surface area contributed by atoms with Crippen molar-refractivity contribution in [3.05, 3.63) is 82.3 Å². The van der Waals surface area contributed by atoms with Crippen LogP contribution in [0.1, 0.15) is 24.2 Å². The Morgan fingerprint density at radius 2 is 2.08 bits per heavy atom. The highest BCUT2D eigenvalue weighted by atomic mass is 19.1. The molecule has 6 heteroatoms. The molecular weight excluding hydrogens is 307 g/mol.